The highest BCUT2D eigenvalue weighted by Gasteiger charge is 2.11. The van der Waals surface area contributed by atoms with Gasteiger partial charge in [0.15, 0.2) is 4.77 Å². The van der Waals surface area contributed by atoms with Crippen molar-refractivity contribution in [3.8, 4) is 5.69 Å². The second-order valence-corrected chi connectivity index (χ2v) is 6.08. The monoisotopic (exact) mass is 350 g/mol. The van der Waals surface area contributed by atoms with E-state index in [0.29, 0.717) is 9.24 Å². The van der Waals surface area contributed by atoms with Crippen LogP contribution < -0.4 is 0 Å². The summed E-state index contributed by atoms with van der Waals surface area (Å²) < 4.78 is 16.5. The lowest BCUT2D eigenvalue weighted by molar-refractivity contribution is 0.619. The average molecular weight is 351 g/mol. The summed E-state index contributed by atoms with van der Waals surface area (Å²) in [5.74, 6) is -0.270. The fourth-order valence-electron chi connectivity index (χ4n) is 2.34. The van der Waals surface area contributed by atoms with E-state index in [9.17, 15) is 4.39 Å². The van der Waals surface area contributed by atoms with Crippen molar-refractivity contribution in [3.05, 3.63) is 56.5 Å². The Balaban J connectivity index is 2.38. The van der Waals surface area contributed by atoms with E-state index in [4.69, 9.17) is 12.2 Å². The van der Waals surface area contributed by atoms with Crippen molar-refractivity contribution in [2.24, 2.45) is 0 Å². The van der Waals surface area contributed by atoms with Gasteiger partial charge in [0.2, 0.25) is 0 Å². The number of halogens is 2. The molecule has 2 aromatic carbocycles. The molecular formula is C15H12BrFN2S. The van der Waals surface area contributed by atoms with Crippen LogP contribution in [0.4, 0.5) is 4.39 Å². The number of fused-ring (bicyclic) bond motifs is 1. The maximum atomic E-state index is 13.6. The first-order valence-corrected chi connectivity index (χ1v) is 7.35. The summed E-state index contributed by atoms with van der Waals surface area (Å²) in [6.07, 6.45) is 0. The molecule has 0 aliphatic heterocycles. The van der Waals surface area contributed by atoms with Crippen molar-refractivity contribution in [1.82, 2.24) is 9.55 Å². The van der Waals surface area contributed by atoms with Gasteiger partial charge < -0.3 is 4.98 Å². The predicted octanol–water partition coefficient (Wildman–Crippen LogP) is 5.21. The molecule has 0 fully saturated rings. The maximum absolute atomic E-state index is 13.6. The van der Waals surface area contributed by atoms with E-state index in [1.54, 1.807) is 6.07 Å². The minimum absolute atomic E-state index is 0.270. The summed E-state index contributed by atoms with van der Waals surface area (Å²) in [5.41, 5.74) is 4.84. The van der Waals surface area contributed by atoms with Gasteiger partial charge in [-0.2, -0.15) is 0 Å². The van der Waals surface area contributed by atoms with Crippen LogP contribution >= 0.6 is 28.1 Å². The molecule has 5 heteroatoms. The van der Waals surface area contributed by atoms with Gasteiger partial charge in [-0.1, -0.05) is 6.07 Å². The Bertz CT molecular complexity index is 879. The number of hydrogen-bond donors (Lipinski definition) is 1. The second kappa shape index (κ2) is 4.82. The van der Waals surface area contributed by atoms with Gasteiger partial charge in [-0.25, -0.2) is 4.39 Å². The van der Waals surface area contributed by atoms with E-state index in [-0.39, 0.29) is 5.82 Å². The average Bonchev–Trinajstić information content (AvgIpc) is 2.69. The number of aryl methyl sites for hydroxylation is 2. The largest absolute Gasteiger partial charge is 0.330 e. The maximum Gasteiger partial charge on any atom is 0.182 e. The molecule has 0 aliphatic rings. The van der Waals surface area contributed by atoms with Gasteiger partial charge in [0, 0.05) is 0 Å². The molecule has 0 saturated carbocycles. The SMILES string of the molecule is Cc1ccc2c(c1)[nH]c(=S)n2-c1cc(Br)c(F)cc1C. The molecule has 0 saturated heterocycles. The lowest BCUT2D eigenvalue weighted by atomic mass is 10.2. The first-order valence-electron chi connectivity index (χ1n) is 6.15. The molecule has 1 heterocycles. The Morgan fingerprint density at radius 2 is 1.95 bits per heavy atom. The summed E-state index contributed by atoms with van der Waals surface area (Å²) in [6, 6.07) is 9.38. The van der Waals surface area contributed by atoms with Crippen molar-refractivity contribution in [2.45, 2.75) is 13.8 Å². The molecular weight excluding hydrogens is 339 g/mol. The fourth-order valence-corrected chi connectivity index (χ4v) is 2.98. The van der Waals surface area contributed by atoms with Crippen LogP contribution in [0.1, 0.15) is 11.1 Å². The molecule has 20 heavy (non-hydrogen) atoms. The first kappa shape index (κ1) is 13.5. The van der Waals surface area contributed by atoms with Crippen molar-refractivity contribution in [2.75, 3.05) is 0 Å². The highest BCUT2D eigenvalue weighted by molar-refractivity contribution is 9.10. The minimum Gasteiger partial charge on any atom is -0.330 e. The Hall–Kier alpha value is -1.46. The molecule has 0 aliphatic carbocycles. The number of aromatic nitrogens is 2. The van der Waals surface area contributed by atoms with E-state index < -0.39 is 0 Å². The van der Waals surface area contributed by atoms with Gasteiger partial charge >= 0.3 is 0 Å². The Kier molecular flexibility index (Phi) is 3.26. The van der Waals surface area contributed by atoms with Gasteiger partial charge in [0.05, 0.1) is 21.2 Å². The Morgan fingerprint density at radius 3 is 2.70 bits per heavy atom. The van der Waals surface area contributed by atoms with E-state index in [1.165, 1.54) is 6.07 Å². The standard InChI is InChI=1S/C15H12BrFN2S/c1-8-3-4-13-12(5-8)18-15(20)19(13)14-7-10(16)11(17)6-9(14)2/h3-7H,1-2H3,(H,18,20). The molecule has 0 amide bonds. The van der Waals surface area contributed by atoms with Crippen LogP contribution in [0.15, 0.2) is 34.8 Å². The van der Waals surface area contributed by atoms with Crippen molar-refractivity contribution in [1.29, 1.82) is 0 Å². The third kappa shape index (κ3) is 2.11. The zero-order valence-electron chi connectivity index (χ0n) is 11.0. The molecule has 3 aromatic rings. The molecule has 1 aromatic heterocycles. The zero-order valence-corrected chi connectivity index (χ0v) is 13.4. The number of hydrogen-bond acceptors (Lipinski definition) is 1. The summed E-state index contributed by atoms with van der Waals surface area (Å²) in [5, 5.41) is 0. The highest BCUT2D eigenvalue weighted by Crippen LogP contribution is 2.27. The Morgan fingerprint density at radius 1 is 1.20 bits per heavy atom. The molecule has 0 spiro atoms. The zero-order chi connectivity index (χ0) is 14.4. The number of benzene rings is 2. The van der Waals surface area contributed by atoms with Crippen molar-refractivity contribution < 1.29 is 4.39 Å². The lowest BCUT2D eigenvalue weighted by Crippen LogP contribution is -1.98. The van der Waals surface area contributed by atoms with Crippen molar-refractivity contribution in [3.63, 3.8) is 0 Å². The topological polar surface area (TPSA) is 20.7 Å². The number of H-pyrrole nitrogens is 1. The molecule has 3 rings (SSSR count). The molecule has 102 valence electrons. The quantitative estimate of drug-likeness (QED) is 0.597. The Labute approximate surface area is 129 Å². The van der Waals surface area contributed by atoms with E-state index in [0.717, 1.165) is 27.8 Å². The second-order valence-electron chi connectivity index (χ2n) is 4.84. The van der Waals surface area contributed by atoms with Gasteiger partial charge in [0.25, 0.3) is 0 Å². The van der Waals surface area contributed by atoms with Crippen LogP contribution in [0, 0.1) is 24.4 Å². The fraction of sp³-hybridized carbons (Fsp3) is 0.133. The number of aromatic amines is 1. The normalized spacial score (nSPS) is 11.2. The molecule has 2 nitrogen and oxygen atoms in total. The predicted molar refractivity (Wildman–Crippen MR) is 85.6 cm³/mol. The molecule has 0 bridgehead atoms. The minimum atomic E-state index is -0.270. The molecule has 0 atom stereocenters. The summed E-state index contributed by atoms with van der Waals surface area (Å²) in [6.45, 7) is 3.91. The van der Waals surface area contributed by atoms with Gasteiger partial charge in [-0.15, -0.1) is 0 Å². The van der Waals surface area contributed by atoms with Crippen LogP contribution in [-0.2, 0) is 0 Å². The van der Waals surface area contributed by atoms with Crippen LogP contribution in [0.2, 0.25) is 0 Å². The van der Waals surface area contributed by atoms with E-state index >= 15 is 0 Å². The number of rotatable bonds is 1. The van der Waals surface area contributed by atoms with Crippen LogP contribution in [0.3, 0.4) is 0 Å². The van der Waals surface area contributed by atoms with E-state index in [2.05, 4.69) is 27.0 Å². The van der Waals surface area contributed by atoms with Crippen molar-refractivity contribution >= 4 is 39.2 Å². The molecule has 0 unspecified atom stereocenters. The third-order valence-corrected chi connectivity index (χ3v) is 4.21. The third-order valence-electron chi connectivity index (χ3n) is 3.32. The van der Waals surface area contributed by atoms with Gasteiger partial charge in [-0.05, 0) is 77.4 Å². The van der Waals surface area contributed by atoms with Crippen LogP contribution in [-0.4, -0.2) is 9.55 Å². The van der Waals surface area contributed by atoms with E-state index in [1.807, 2.05) is 30.5 Å². The summed E-state index contributed by atoms with van der Waals surface area (Å²) in [7, 11) is 0. The summed E-state index contributed by atoms with van der Waals surface area (Å²) in [4.78, 5) is 3.20. The highest BCUT2D eigenvalue weighted by atomic mass is 79.9. The van der Waals surface area contributed by atoms with Crippen LogP contribution in [0.25, 0.3) is 16.7 Å². The molecule has 1 N–H and O–H groups in total. The van der Waals surface area contributed by atoms with Gasteiger partial charge in [0.1, 0.15) is 5.82 Å². The number of nitrogens with zero attached hydrogens (tertiary/aromatic N) is 1. The smallest absolute Gasteiger partial charge is 0.182 e. The molecule has 0 radical (unpaired) electrons. The first-order chi connectivity index (χ1) is 9.47. The van der Waals surface area contributed by atoms with Crippen LogP contribution in [0.5, 0.6) is 0 Å². The number of nitrogens with one attached hydrogen (secondary N) is 1. The lowest BCUT2D eigenvalue weighted by Gasteiger charge is -2.10. The number of imidazole rings is 1. The van der Waals surface area contributed by atoms with Gasteiger partial charge in [-0.3, -0.25) is 4.57 Å². The summed E-state index contributed by atoms with van der Waals surface area (Å²) >= 11 is 8.65.